The van der Waals surface area contributed by atoms with E-state index in [2.05, 4.69) is 15.9 Å². The highest BCUT2D eigenvalue weighted by Crippen LogP contribution is 2.19. The molecule has 1 rings (SSSR count). The molecule has 0 saturated carbocycles. The van der Waals surface area contributed by atoms with Crippen LogP contribution in [0.25, 0.3) is 0 Å². The van der Waals surface area contributed by atoms with E-state index < -0.39 is 5.82 Å². The smallest absolute Gasteiger partial charge is 0.188 e. The zero-order valence-corrected chi connectivity index (χ0v) is 9.56. The van der Waals surface area contributed by atoms with Crippen LogP contribution >= 0.6 is 15.9 Å². The molecule has 1 aromatic carbocycles. The van der Waals surface area contributed by atoms with E-state index >= 15 is 0 Å². The van der Waals surface area contributed by atoms with Gasteiger partial charge in [-0.25, -0.2) is 4.39 Å². The van der Waals surface area contributed by atoms with Gasteiger partial charge in [0.1, 0.15) is 5.82 Å². The standard InChI is InChI=1S/C11H10BrFO/c1-7(2)6-10(14)8-4-3-5-9(12)11(8)13/h3-6H,1-2H3. The first kappa shape index (κ1) is 11.1. The van der Waals surface area contributed by atoms with Crippen LogP contribution in [0.5, 0.6) is 0 Å². The summed E-state index contributed by atoms with van der Waals surface area (Å²) < 4.78 is 13.7. The number of benzene rings is 1. The van der Waals surface area contributed by atoms with E-state index in [-0.39, 0.29) is 11.3 Å². The summed E-state index contributed by atoms with van der Waals surface area (Å²) in [5.41, 5.74) is 0.954. The summed E-state index contributed by atoms with van der Waals surface area (Å²) in [6.07, 6.45) is 1.42. The Morgan fingerprint density at radius 1 is 1.43 bits per heavy atom. The summed E-state index contributed by atoms with van der Waals surface area (Å²) >= 11 is 3.03. The molecule has 0 unspecified atom stereocenters. The Morgan fingerprint density at radius 3 is 2.64 bits per heavy atom. The summed E-state index contributed by atoms with van der Waals surface area (Å²) in [7, 11) is 0. The van der Waals surface area contributed by atoms with Gasteiger partial charge < -0.3 is 0 Å². The molecule has 0 fully saturated rings. The van der Waals surface area contributed by atoms with E-state index in [4.69, 9.17) is 0 Å². The van der Waals surface area contributed by atoms with Crippen molar-refractivity contribution in [1.29, 1.82) is 0 Å². The maximum Gasteiger partial charge on any atom is 0.188 e. The van der Waals surface area contributed by atoms with Crippen molar-refractivity contribution in [2.45, 2.75) is 13.8 Å². The van der Waals surface area contributed by atoms with E-state index in [9.17, 15) is 9.18 Å². The van der Waals surface area contributed by atoms with Gasteiger partial charge in [-0.2, -0.15) is 0 Å². The monoisotopic (exact) mass is 256 g/mol. The molecule has 0 radical (unpaired) electrons. The number of carbonyl (C=O) groups excluding carboxylic acids is 1. The van der Waals surface area contributed by atoms with E-state index in [0.29, 0.717) is 4.47 Å². The molecule has 14 heavy (non-hydrogen) atoms. The summed E-state index contributed by atoms with van der Waals surface area (Å²) in [4.78, 5) is 11.5. The average molecular weight is 257 g/mol. The van der Waals surface area contributed by atoms with Crippen LogP contribution in [0.4, 0.5) is 4.39 Å². The third-order valence-corrected chi connectivity index (χ3v) is 2.25. The molecule has 0 aliphatic heterocycles. The first-order valence-corrected chi connectivity index (χ1v) is 4.95. The fraction of sp³-hybridized carbons (Fsp3) is 0.182. The molecule has 0 N–H and O–H groups in total. The lowest BCUT2D eigenvalue weighted by molar-refractivity contribution is 0.104. The van der Waals surface area contributed by atoms with Crippen molar-refractivity contribution in [3.8, 4) is 0 Å². The molecule has 0 spiro atoms. The third-order valence-electron chi connectivity index (χ3n) is 1.64. The normalized spacial score (nSPS) is 9.71. The quantitative estimate of drug-likeness (QED) is 0.582. The maximum absolute atomic E-state index is 13.4. The van der Waals surface area contributed by atoms with Crippen molar-refractivity contribution in [3.63, 3.8) is 0 Å². The predicted octanol–water partition coefficient (Wildman–Crippen LogP) is 3.74. The molecule has 0 heterocycles. The highest BCUT2D eigenvalue weighted by Gasteiger charge is 2.11. The van der Waals surface area contributed by atoms with Gasteiger partial charge in [0.25, 0.3) is 0 Å². The van der Waals surface area contributed by atoms with Gasteiger partial charge in [-0.15, -0.1) is 0 Å². The molecule has 0 atom stereocenters. The van der Waals surface area contributed by atoms with Gasteiger partial charge in [-0.1, -0.05) is 11.6 Å². The number of allylic oxidation sites excluding steroid dienone is 2. The van der Waals surface area contributed by atoms with Crippen LogP contribution in [0, 0.1) is 5.82 Å². The van der Waals surface area contributed by atoms with Crippen LogP contribution in [0.1, 0.15) is 24.2 Å². The van der Waals surface area contributed by atoms with Gasteiger partial charge in [0.2, 0.25) is 0 Å². The molecule has 74 valence electrons. The van der Waals surface area contributed by atoms with Crippen LogP contribution in [0.2, 0.25) is 0 Å². The second-order valence-corrected chi connectivity index (χ2v) is 4.04. The van der Waals surface area contributed by atoms with Gasteiger partial charge >= 0.3 is 0 Å². The summed E-state index contributed by atoms with van der Waals surface area (Å²) in [5, 5.41) is 0. The molecule has 0 bridgehead atoms. The molecule has 0 aromatic heterocycles. The lowest BCUT2D eigenvalue weighted by Gasteiger charge is -2.00. The lowest BCUT2D eigenvalue weighted by atomic mass is 10.1. The Hall–Kier alpha value is -0.960. The van der Waals surface area contributed by atoms with Gasteiger partial charge in [0, 0.05) is 0 Å². The summed E-state index contributed by atoms with van der Waals surface area (Å²) in [6.45, 7) is 3.60. The zero-order chi connectivity index (χ0) is 10.7. The number of hydrogen-bond acceptors (Lipinski definition) is 1. The number of halogens is 2. The topological polar surface area (TPSA) is 17.1 Å². The number of carbonyl (C=O) groups is 1. The van der Waals surface area contributed by atoms with Crippen LogP contribution in [0.3, 0.4) is 0 Å². The van der Waals surface area contributed by atoms with Gasteiger partial charge in [-0.05, 0) is 48.0 Å². The lowest BCUT2D eigenvalue weighted by Crippen LogP contribution is -1.99. The molecule has 1 nitrogen and oxygen atoms in total. The predicted molar refractivity (Wildman–Crippen MR) is 57.9 cm³/mol. The molecular weight excluding hydrogens is 247 g/mol. The second-order valence-electron chi connectivity index (χ2n) is 3.19. The van der Waals surface area contributed by atoms with E-state index in [1.165, 1.54) is 12.1 Å². The van der Waals surface area contributed by atoms with E-state index in [0.717, 1.165) is 5.57 Å². The summed E-state index contributed by atoms with van der Waals surface area (Å²) in [6, 6.07) is 4.68. The fourth-order valence-corrected chi connectivity index (χ4v) is 1.40. The van der Waals surface area contributed by atoms with Crippen molar-refractivity contribution < 1.29 is 9.18 Å². The maximum atomic E-state index is 13.4. The van der Waals surface area contributed by atoms with Crippen molar-refractivity contribution in [2.75, 3.05) is 0 Å². The Balaban J connectivity index is 3.14. The van der Waals surface area contributed by atoms with Crippen LogP contribution in [-0.2, 0) is 0 Å². The fourth-order valence-electron chi connectivity index (χ4n) is 1.03. The minimum atomic E-state index is -0.505. The second kappa shape index (κ2) is 4.51. The molecular formula is C11H10BrFO. The molecule has 0 amide bonds. The molecule has 0 saturated heterocycles. The first-order chi connectivity index (χ1) is 6.52. The van der Waals surface area contributed by atoms with Crippen LogP contribution in [0.15, 0.2) is 34.3 Å². The third kappa shape index (κ3) is 2.51. The van der Waals surface area contributed by atoms with Crippen molar-refractivity contribution in [3.05, 3.63) is 45.7 Å². The minimum Gasteiger partial charge on any atom is -0.289 e. The molecule has 1 aromatic rings. The summed E-state index contributed by atoms with van der Waals surface area (Å²) in [5.74, 6) is -0.807. The number of ketones is 1. The van der Waals surface area contributed by atoms with Crippen molar-refractivity contribution >= 4 is 21.7 Å². The van der Waals surface area contributed by atoms with Gasteiger partial charge in [0.15, 0.2) is 5.78 Å². The highest BCUT2D eigenvalue weighted by atomic mass is 79.9. The molecule has 0 aliphatic carbocycles. The molecule has 0 aliphatic rings. The zero-order valence-electron chi connectivity index (χ0n) is 7.97. The van der Waals surface area contributed by atoms with Crippen molar-refractivity contribution in [2.24, 2.45) is 0 Å². The van der Waals surface area contributed by atoms with Gasteiger partial charge in [-0.3, -0.25) is 4.79 Å². The minimum absolute atomic E-state index is 0.0978. The van der Waals surface area contributed by atoms with Crippen molar-refractivity contribution in [1.82, 2.24) is 0 Å². The first-order valence-electron chi connectivity index (χ1n) is 4.15. The van der Waals surface area contributed by atoms with Gasteiger partial charge in [0.05, 0.1) is 10.0 Å². The Labute approximate surface area is 90.8 Å². The largest absolute Gasteiger partial charge is 0.289 e. The SMILES string of the molecule is CC(C)=CC(=O)c1cccc(Br)c1F. The number of rotatable bonds is 2. The molecule has 3 heteroatoms. The Bertz CT molecular complexity index is 392. The Morgan fingerprint density at radius 2 is 2.07 bits per heavy atom. The van der Waals surface area contributed by atoms with E-state index in [1.807, 2.05) is 0 Å². The highest BCUT2D eigenvalue weighted by molar-refractivity contribution is 9.10. The van der Waals surface area contributed by atoms with Crippen LogP contribution < -0.4 is 0 Å². The number of hydrogen-bond donors (Lipinski definition) is 0. The average Bonchev–Trinajstić information content (AvgIpc) is 2.08. The van der Waals surface area contributed by atoms with Crippen LogP contribution in [-0.4, -0.2) is 5.78 Å². The Kier molecular flexibility index (Phi) is 3.58. The van der Waals surface area contributed by atoms with E-state index in [1.54, 1.807) is 26.0 Å².